The summed E-state index contributed by atoms with van der Waals surface area (Å²) in [5.41, 5.74) is 1.66. The van der Waals surface area contributed by atoms with E-state index in [9.17, 15) is 4.79 Å². The quantitative estimate of drug-likeness (QED) is 0.562. The molecule has 1 aromatic carbocycles. The molecule has 3 aromatic rings. The lowest BCUT2D eigenvalue weighted by Gasteiger charge is -2.26. The van der Waals surface area contributed by atoms with Crippen molar-refractivity contribution in [2.45, 2.75) is 13.0 Å². The summed E-state index contributed by atoms with van der Waals surface area (Å²) < 4.78 is 12.5. The first-order chi connectivity index (χ1) is 15.1. The Morgan fingerprint density at radius 3 is 2.74 bits per heavy atom. The Kier molecular flexibility index (Phi) is 6.70. The van der Waals surface area contributed by atoms with Gasteiger partial charge in [0.15, 0.2) is 11.5 Å². The molecular formula is C22H26ClN5O3. The third-order valence-electron chi connectivity index (χ3n) is 5.50. The van der Waals surface area contributed by atoms with Crippen LogP contribution >= 0.6 is 11.6 Å². The van der Waals surface area contributed by atoms with Crippen LogP contribution in [-0.4, -0.2) is 65.9 Å². The normalized spacial score (nSPS) is 15.7. The Hall–Kier alpha value is -2.68. The molecule has 0 spiro atoms. The molecule has 9 heteroatoms. The molecule has 31 heavy (non-hydrogen) atoms. The summed E-state index contributed by atoms with van der Waals surface area (Å²) in [6.07, 6.45) is 0. The van der Waals surface area contributed by atoms with Gasteiger partial charge >= 0.3 is 0 Å². The number of hydrogen-bond acceptors (Lipinski definition) is 7. The molecule has 0 radical (unpaired) electrons. The van der Waals surface area contributed by atoms with Gasteiger partial charge in [0.2, 0.25) is 0 Å². The maximum absolute atomic E-state index is 13.5. The van der Waals surface area contributed by atoms with Crippen molar-refractivity contribution < 1.29 is 9.47 Å². The van der Waals surface area contributed by atoms with Gasteiger partial charge in [0.05, 0.1) is 26.4 Å². The summed E-state index contributed by atoms with van der Waals surface area (Å²) in [7, 11) is 1.62. The number of pyridine rings is 1. The van der Waals surface area contributed by atoms with E-state index in [0.29, 0.717) is 34.4 Å². The number of rotatable bonds is 7. The van der Waals surface area contributed by atoms with Gasteiger partial charge in [-0.25, -0.2) is 9.97 Å². The van der Waals surface area contributed by atoms with E-state index in [0.717, 1.165) is 38.4 Å². The van der Waals surface area contributed by atoms with Crippen molar-refractivity contribution in [1.29, 1.82) is 0 Å². The summed E-state index contributed by atoms with van der Waals surface area (Å²) in [5, 5.41) is 3.53. The molecule has 1 N–H and O–H groups in total. The lowest BCUT2D eigenvalue weighted by molar-refractivity contribution is 0.0398. The number of benzene rings is 1. The highest BCUT2D eigenvalue weighted by Gasteiger charge is 2.21. The topological polar surface area (TPSA) is 81.5 Å². The lowest BCUT2D eigenvalue weighted by Crippen LogP contribution is -2.39. The van der Waals surface area contributed by atoms with E-state index in [1.165, 1.54) is 0 Å². The van der Waals surface area contributed by atoms with Crippen LogP contribution in [0.25, 0.3) is 11.2 Å². The summed E-state index contributed by atoms with van der Waals surface area (Å²) in [5.74, 6) is 1.00. The monoisotopic (exact) mass is 443 g/mol. The van der Waals surface area contributed by atoms with Crippen molar-refractivity contribution in [3.63, 3.8) is 0 Å². The van der Waals surface area contributed by atoms with Crippen LogP contribution in [0.1, 0.15) is 18.5 Å². The van der Waals surface area contributed by atoms with Crippen molar-refractivity contribution >= 4 is 28.6 Å². The van der Waals surface area contributed by atoms with Gasteiger partial charge in [-0.2, -0.15) is 0 Å². The van der Waals surface area contributed by atoms with Crippen LogP contribution in [0.4, 0.5) is 5.82 Å². The van der Waals surface area contributed by atoms with E-state index >= 15 is 0 Å². The zero-order valence-corrected chi connectivity index (χ0v) is 18.4. The SMILES string of the molecule is COc1ccccc1[C@H](C)n1c(=O)c(NCCN2CCOCC2)nc2ccc(Cl)nc21. The first-order valence-corrected chi connectivity index (χ1v) is 10.7. The number of nitrogens with one attached hydrogen (secondary N) is 1. The molecule has 0 unspecified atom stereocenters. The molecule has 1 atom stereocenters. The first kappa shape index (κ1) is 21.5. The fraction of sp³-hybridized carbons (Fsp3) is 0.409. The van der Waals surface area contributed by atoms with Crippen molar-refractivity contribution in [3.05, 3.63) is 57.5 Å². The van der Waals surface area contributed by atoms with Crippen molar-refractivity contribution in [1.82, 2.24) is 19.4 Å². The minimum atomic E-state index is -0.333. The molecule has 8 nitrogen and oxygen atoms in total. The minimum absolute atomic E-state index is 0.248. The van der Waals surface area contributed by atoms with Crippen LogP contribution in [0, 0.1) is 0 Å². The van der Waals surface area contributed by atoms with E-state index in [1.54, 1.807) is 23.8 Å². The number of fused-ring (bicyclic) bond motifs is 1. The van der Waals surface area contributed by atoms with Crippen molar-refractivity contribution in [2.75, 3.05) is 51.8 Å². The van der Waals surface area contributed by atoms with Crippen LogP contribution in [0.15, 0.2) is 41.2 Å². The Labute approximate surface area is 185 Å². The van der Waals surface area contributed by atoms with Gasteiger partial charge in [-0.1, -0.05) is 29.8 Å². The minimum Gasteiger partial charge on any atom is -0.496 e. The Bertz CT molecular complexity index is 1110. The van der Waals surface area contributed by atoms with E-state index in [2.05, 4.69) is 20.2 Å². The fourth-order valence-electron chi connectivity index (χ4n) is 3.84. The number of ether oxygens (including phenoxy) is 2. The second-order valence-electron chi connectivity index (χ2n) is 7.41. The Morgan fingerprint density at radius 1 is 1.19 bits per heavy atom. The molecule has 2 aromatic heterocycles. The molecule has 1 aliphatic rings. The van der Waals surface area contributed by atoms with Gasteiger partial charge in [0.1, 0.15) is 16.4 Å². The zero-order valence-electron chi connectivity index (χ0n) is 17.7. The van der Waals surface area contributed by atoms with Gasteiger partial charge in [-0.05, 0) is 25.1 Å². The van der Waals surface area contributed by atoms with E-state index in [-0.39, 0.29) is 11.6 Å². The van der Waals surface area contributed by atoms with Crippen molar-refractivity contribution in [3.8, 4) is 5.75 Å². The predicted molar refractivity (Wildman–Crippen MR) is 121 cm³/mol. The molecule has 3 heterocycles. The van der Waals surface area contributed by atoms with Crippen LogP contribution in [0.3, 0.4) is 0 Å². The number of methoxy groups -OCH3 is 1. The molecule has 4 rings (SSSR count). The van der Waals surface area contributed by atoms with Crippen LogP contribution in [0.2, 0.25) is 5.15 Å². The fourth-order valence-corrected chi connectivity index (χ4v) is 3.99. The Balaban J connectivity index is 1.71. The molecule has 0 bridgehead atoms. The number of para-hydroxylation sites is 1. The molecule has 1 saturated heterocycles. The average molecular weight is 444 g/mol. The second kappa shape index (κ2) is 9.64. The lowest BCUT2D eigenvalue weighted by atomic mass is 10.1. The highest BCUT2D eigenvalue weighted by Crippen LogP contribution is 2.29. The molecule has 0 amide bonds. The van der Waals surface area contributed by atoms with Gasteiger partial charge in [0.25, 0.3) is 5.56 Å². The van der Waals surface area contributed by atoms with Crippen LogP contribution < -0.4 is 15.6 Å². The highest BCUT2D eigenvalue weighted by atomic mass is 35.5. The molecule has 1 aliphatic heterocycles. The summed E-state index contributed by atoms with van der Waals surface area (Å²) in [6, 6.07) is 10.8. The van der Waals surface area contributed by atoms with Gasteiger partial charge in [-0.15, -0.1) is 0 Å². The number of halogens is 1. The number of anilines is 1. The van der Waals surface area contributed by atoms with Crippen molar-refractivity contribution in [2.24, 2.45) is 0 Å². The molecule has 164 valence electrons. The first-order valence-electron chi connectivity index (χ1n) is 10.3. The van der Waals surface area contributed by atoms with Crippen LogP contribution in [-0.2, 0) is 4.74 Å². The van der Waals surface area contributed by atoms with E-state index in [1.807, 2.05) is 31.2 Å². The summed E-state index contributed by atoms with van der Waals surface area (Å²) in [6.45, 7) is 6.63. The Morgan fingerprint density at radius 2 is 1.97 bits per heavy atom. The predicted octanol–water partition coefficient (Wildman–Crippen LogP) is 2.81. The number of nitrogens with zero attached hydrogens (tertiary/aromatic N) is 4. The number of hydrogen-bond donors (Lipinski definition) is 1. The zero-order chi connectivity index (χ0) is 21.8. The molecule has 1 fully saturated rings. The van der Waals surface area contributed by atoms with Crippen LogP contribution in [0.5, 0.6) is 5.75 Å². The third-order valence-corrected chi connectivity index (χ3v) is 5.71. The molecule has 0 saturated carbocycles. The molecular weight excluding hydrogens is 418 g/mol. The summed E-state index contributed by atoms with van der Waals surface area (Å²) >= 11 is 6.15. The highest BCUT2D eigenvalue weighted by molar-refractivity contribution is 6.29. The third kappa shape index (κ3) is 4.66. The maximum Gasteiger partial charge on any atom is 0.295 e. The summed E-state index contributed by atoms with van der Waals surface area (Å²) in [4.78, 5) is 24.7. The maximum atomic E-state index is 13.5. The second-order valence-corrected chi connectivity index (χ2v) is 7.80. The van der Waals surface area contributed by atoms with Gasteiger partial charge in [0, 0.05) is 31.7 Å². The molecule has 0 aliphatic carbocycles. The van der Waals surface area contributed by atoms with E-state index in [4.69, 9.17) is 21.1 Å². The average Bonchev–Trinajstić information content (AvgIpc) is 2.80. The number of aromatic nitrogens is 3. The largest absolute Gasteiger partial charge is 0.496 e. The standard InChI is InChI=1S/C22H26ClN5O3/c1-15(16-5-3-4-6-18(16)30-2)28-21-17(7-8-19(23)26-21)25-20(22(28)29)24-9-10-27-11-13-31-14-12-27/h3-8,15H,9-14H2,1-2H3,(H,24,25)/t15-/m0/s1. The van der Waals surface area contributed by atoms with Gasteiger partial charge in [-0.3, -0.25) is 14.3 Å². The van der Waals surface area contributed by atoms with Gasteiger partial charge < -0.3 is 14.8 Å². The smallest absolute Gasteiger partial charge is 0.295 e. The van der Waals surface area contributed by atoms with E-state index < -0.39 is 0 Å². The number of morpholine rings is 1.